The van der Waals surface area contributed by atoms with E-state index in [0.717, 1.165) is 6.07 Å². The molecule has 0 saturated heterocycles. The Morgan fingerprint density at radius 2 is 2.18 bits per heavy atom. The second kappa shape index (κ2) is 5.44. The summed E-state index contributed by atoms with van der Waals surface area (Å²) < 4.78 is 67.3. The smallest absolute Gasteiger partial charge is 0.139 e. The Morgan fingerprint density at radius 1 is 1.47 bits per heavy atom. The molecular weight excluding hydrogens is 220 g/mol. The largest absolute Gasteiger partial charge is 0.506 e. The normalized spacial score (nSPS) is 23.8. The predicted octanol–water partition coefficient (Wildman–Crippen LogP) is 0.701. The standard InChI is InChI=1S/C12H20N2O3/c1-12(2,3)13-6-11(17)8-4-5-10(16)9(7-15)14-8/h4-5,11,13,15-17H,6-7H2,1-3H3/i1D3,2D3,3D3. The van der Waals surface area contributed by atoms with Gasteiger partial charge in [-0.2, -0.15) is 0 Å². The van der Waals surface area contributed by atoms with Crippen molar-refractivity contribution in [2.24, 2.45) is 0 Å². The van der Waals surface area contributed by atoms with Gasteiger partial charge >= 0.3 is 0 Å². The van der Waals surface area contributed by atoms with Crippen LogP contribution in [0.2, 0.25) is 0 Å². The molecular formula is C12H20N2O3. The lowest BCUT2D eigenvalue weighted by molar-refractivity contribution is 0.158. The number of aromatic hydroxyl groups is 1. The molecule has 96 valence electrons. The summed E-state index contributed by atoms with van der Waals surface area (Å²) in [4.78, 5) is 3.77. The van der Waals surface area contributed by atoms with Crippen LogP contribution in [-0.4, -0.2) is 32.4 Å². The van der Waals surface area contributed by atoms with Gasteiger partial charge < -0.3 is 20.6 Å². The van der Waals surface area contributed by atoms with Crippen LogP contribution < -0.4 is 5.32 Å². The fraction of sp³-hybridized carbons (Fsp3) is 0.583. The Hall–Kier alpha value is -1.17. The van der Waals surface area contributed by atoms with Crippen molar-refractivity contribution in [3.05, 3.63) is 23.5 Å². The van der Waals surface area contributed by atoms with Gasteiger partial charge in [-0.3, -0.25) is 0 Å². The summed E-state index contributed by atoms with van der Waals surface area (Å²) in [7, 11) is 0. The summed E-state index contributed by atoms with van der Waals surface area (Å²) in [5, 5.41) is 30.7. The minimum atomic E-state index is -3.44. The Kier molecular flexibility index (Phi) is 1.81. The molecule has 5 heteroatoms. The fourth-order valence-electron chi connectivity index (χ4n) is 1.17. The van der Waals surface area contributed by atoms with Gasteiger partial charge in [-0.1, -0.05) is 0 Å². The molecule has 5 nitrogen and oxygen atoms in total. The highest BCUT2D eigenvalue weighted by atomic mass is 16.3. The lowest BCUT2D eigenvalue weighted by atomic mass is 10.1. The number of nitrogens with one attached hydrogen (secondary N) is 1. The Balaban J connectivity index is 3.22. The van der Waals surface area contributed by atoms with Crippen molar-refractivity contribution in [3.8, 4) is 5.75 Å². The molecule has 0 aliphatic carbocycles. The number of nitrogens with zero attached hydrogens (tertiary/aromatic N) is 1. The molecule has 1 heterocycles. The zero-order valence-electron chi connectivity index (χ0n) is 17.9. The highest BCUT2D eigenvalue weighted by molar-refractivity contribution is 5.28. The summed E-state index contributed by atoms with van der Waals surface area (Å²) in [5.74, 6) is -0.335. The minimum Gasteiger partial charge on any atom is -0.506 e. The van der Waals surface area contributed by atoms with Crippen LogP contribution in [0.3, 0.4) is 0 Å². The zero-order chi connectivity index (χ0) is 20.6. The Bertz CT molecular complexity index is 592. The minimum absolute atomic E-state index is 0.116. The quantitative estimate of drug-likeness (QED) is 0.631. The molecule has 4 N–H and O–H groups in total. The van der Waals surface area contributed by atoms with Crippen LogP contribution >= 0.6 is 0 Å². The number of β-amino-alcohol motifs (C(OH)–C–C–N with tert-alkyl or cyclic N) is 1. The van der Waals surface area contributed by atoms with E-state index in [1.807, 2.05) is 5.32 Å². The maximum absolute atomic E-state index is 10.2. The van der Waals surface area contributed by atoms with Crippen LogP contribution in [-0.2, 0) is 6.61 Å². The fourth-order valence-corrected chi connectivity index (χ4v) is 1.17. The van der Waals surface area contributed by atoms with E-state index in [0.29, 0.717) is 0 Å². The summed E-state index contributed by atoms with van der Waals surface area (Å²) in [5.41, 5.74) is -3.55. The van der Waals surface area contributed by atoms with Gasteiger partial charge in [0.1, 0.15) is 17.5 Å². The van der Waals surface area contributed by atoms with Gasteiger partial charge in [-0.15, -0.1) is 0 Å². The second-order valence-corrected chi connectivity index (χ2v) is 3.51. The summed E-state index contributed by atoms with van der Waals surface area (Å²) in [6, 6.07) is 2.30. The average Bonchev–Trinajstić information content (AvgIpc) is 2.43. The molecule has 0 aliphatic rings. The van der Waals surface area contributed by atoms with Gasteiger partial charge in [0.15, 0.2) is 0 Å². The SMILES string of the molecule is [2H]C([2H])([2H])C(NCC(O)c1ccc(O)c(CO)n1)(C([2H])([2H])[2H])C([2H])([2H])[2H]. The first-order valence-corrected chi connectivity index (χ1v) is 4.81. The van der Waals surface area contributed by atoms with Gasteiger partial charge in [0.25, 0.3) is 0 Å². The van der Waals surface area contributed by atoms with Gasteiger partial charge in [0.2, 0.25) is 0 Å². The van der Waals surface area contributed by atoms with Crippen LogP contribution in [0.5, 0.6) is 5.75 Å². The van der Waals surface area contributed by atoms with Gasteiger partial charge in [0, 0.05) is 24.4 Å². The first kappa shape index (κ1) is 5.65. The summed E-state index contributed by atoms with van der Waals surface area (Å²) in [6.45, 7) is -11.7. The molecule has 1 aromatic rings. The van der Waals surface area contributed by atoms with E-state index in [2.05, 4.69) is 4.98 Å². The van der Waals surface area contributed by atoms with Gasteiger partial charge in [-0.25, -0.2) is 4.98 Å². The number of pyridine rings is 1. The maximum atomic E-state index is 10.2. The van der Waals surface area contributed by atoms with Gasteiger partial charge in [-0.05, 0) is 32.7 Å². The average molecular weight is 249 g/mol. The third kappa shape index (κ3) is 4.30. The van der Waals surface area contributed by atoms with Crippen LogP contribution in [0.4, 0.5) is 0 Å². The van der Waals surface area contributed by atoms with Crippen LogP contribution in [0, 0.1) is 0 Å². The lowest BCUT2D eigenvalue weighted by Crippen LogP contribution is -2.38. The van der Waals surface area contributed by atoms with Crippen LogP contribution in [0.15, 0.2) is 12.1 Å². The highest BCUT2D eigenvalue weighted by Gasteiger charge is 2.15. The van der Waals surface area contributed by atoms with Crippen molar-refractivity contribution in [1.82, 2.24) is 10.3 Å². The summed E-state index contributed by atoms with van der Waals surface area (Å²) >= 11 is 0. The first-order chi connectivity index (χ1) is 11.6. The van der Waals surface area contributed by atoms with Crippen LogP contribution in [0.25, 0.3) is 0 Å². The van der Waals surface area contributed by atoms with E-state index in [4.69, 9.17) is 17.4 Å². The molecule has 0 fully saturated rings. The third-order valence-electron chi connectivity index (χ3n) is 2.02. The highest BCUT2D eigenvalue weighted by Crippen LogP contribution is 2.18. The van der Waals surface area contributed by atoms with Gasteiger partial charge in [0.05, 0.1) is 12.3 Å². The van der Waals surface area contributed by atoms with Crippen molar-refractivity contribution in [3.63, 3.8) is 0 Å². The number of aromatic nitrogens is 1. The van der Waals surface area contributed by atoms with Crippen molar-refractivity contribution < 1.29 is 27.7 Å². The first-order valence-electron chi connectivity index (χ1n) is 9.31. The number of hydrogen-bond donors (Lipinski definition) is 4. The number of aliphatic hydroxyl groups is 2. The van der Waals surface area contributed by atoms with E-state index in [-0.39, 0.29) is 17.1 Å². The van der Waals surface area contributed by atoms with E-state index in [1.165, 1.54) is 6.07 Å². The molecule has 0 spiro atoms. The molecule has 1 unspecified atom stereocenters. The topological polar surface area (TPSA) is 85.6 Å². The van der Waals surface area contributed by atoms with E-state index in [9.17, 15) is 10.2 Å². The molecule has 1 rings (SSSR count). The molecule has 17 heavy (non-hydrogen) atoms. The van der Waals surface area contributed by atoms with E-state index >= 15 is 0 Å². The van der Waals surface area contributed by atoms with Crippen molar-refractivity contribution in [1.29, 1.82) is 0 Å². The zero-order valence-corrected chi connectivity index (χ0v) is 8.94. The van der Waals surface area contributed by atoms with Crippen LogP contribution in [0.1, 0.15) is 50.4 Å². The van der Waals surface area contributed by atoms with Crippen molar-refractivity contribution in [2.45, 2.75) is 38.8 Å². The van der Waals surface area contributed by atoms with E-state index < -0.39 is 45.4 Å². The predicted molar refractivity (Wildman–Crippen MR) is 64.5 cm³/mol. The molecule has 0 aliphatic heterocycles. The van der Waals surface area contributed by atoms with Crippen molar-refractivity contribution in [2.75, 3.05) is 6.54 Å². The molecule has 1 aromatic heterocycles. The Morgan fingerprint density at radius 3 is 2.76 bits per heavy atom. The van der Waals surface area contributed by atoms with Crippen molar-refractivity contribution >= 4 is 0 Å². The van der Waals surface area contributed by atoms with E-state index in [1.54, 1.807) is 0 Å². The lowest BCUT2D eigenvalue weighted by Gasteiger charge is -2.22. The maximum Gasteiger partial charge on any atom is 0.139 e. The number of rotatable bonds is 4. The third-order valence-corrected chi connectivity index (χ3v) is 2.02. The monoisotopic (exact) mass is 249 g/mol. The Labute approximate surface area is 114 Å². The molecule has 0 amide bonds. The summed E-state index contributed by atoms with van der Waals surface area (Å²) in [6.07, 6.45) is -1.59. The second-order valence-electron chi connectivity index (χ2n) is 3.51. The molecule has 0 bridgehead atoms. The number of aliphatic hydroxyl groups excluding tert-OH is 2. The number of hydrogen-bond acceptors (Lipinski definition) is 5. The molecule has 0 saturated carbocycles. The molecule has 1 atom stereocenters. The molecule has 0 aromatic carbocycles. The molecule has 0 radical (unpaired) electrons.